The fraction of sp³-hybridized carbons (Fsp3) is 0.160. The first kappa shape index (κ1) is 20.5. The summed E-state index contributed by atoms with van der Waals surface area (Å²) in [5, 5.41) is 1.62. The van der Waals surface area contributed by atoms with Gasteiger partial charge in [0.2, 0.25) is 5.43 Å². The molecular formula is C25H20Cl2O3. The summed E-state index contributed by atoms with van der Waals surface area (Å²) in [5.74, 6) is 1.20. The Balaban J connectivity index is 1.78. The van der Waals surface area contributed by atoms with E-state index < -0.39 is 0 Å². The second-order valence-electron chi connectivity index (χ2n) is 7.23. The molecule has 0 radical (unpaired) electrons. The Hall–Kier alpha value is -2.75. The average Bonchev–Trinajstić information content (AvgIpc) is 2.71. The monoisotopic (exact) mass is 438 g/mol. The van der Waals surface area contributed by atoms with Crippen molar-refractivity contribution in [3.63, 3.8) is 0 Å². The molecule has 0 unspecified atom stereocenters. The third-order valence-electron chi connectivity index (χ3n) is 5.28. The van der Waals surface area contributed by atoms with Gasteiger partial charge < -0.3 is 9.15 Å². The van der Waals surface area contributed by atoms with E-state index in [4.69, 9.17) is 32.4 Å². The number of ether oxygens (including phenoxy) is 1. The SMILES string of the molecule is Cc1ccccc1-c1c(C)oc2c(C)c(OCc3c(Cl)cccc3Cl)ccc2c1=O. The van der Waals surface area contributed by atoms with Gasteiger partial charge in [-0.05, 0) is 56.2 Å². The van der Waals surface area contributed by atoms with Gasteiger partial charge in [0.1, 0.15) is 23.7 Å². The molecule has 0 spiro atoms. The molecule has 3 nitrogen and oxygen atoms in total. The summed E-state index contributed by atoms with van der Waals surface area (Å²) in [5.41, 5.74) is 4.46. The van der Waals surface area contributed by atoms with Gasteiger partial charge in [0.25, 0.3) is 0 Å². The van der Waals surface area contributed by atoms with Gasteiger partial charge in [-0.1, -0.05) is 53.5 Å². The summed E-state index contributed by atoms with van der Waals surface area (Å²) in [6.45, 7) is 5.90. The molecule has 0 aliphatic rings. The number of benzene rings is 3. The van der Waals surface area contributed by atoms with E-state index in [1.54, 1.807) is 30.3 Å². The van der Waals surface area contributed by atoms with Crippen LogP contribution in [0.1, 0.15) is 22.5 Å². The van der Waals surface area contributed by atoms with Crippen molar-refractivity contribution < 1.29 is 9.15 Å². The first-order valence-electron chi connectivity index (χ1n) is 9.57. The zero-order valence-electron chi connectivity index (χ0n) is 16.9. The molecule has 0 saturated heterocycles. The smallest absolute Gasteiger partial charge is 0.200 e. The Morgan fingerprint density at radius 1 is 0.900 bits per heavy atom. The number of aryl methyl sites for hydroxylation is 3. The van der Waals surface area contributed by atoms with Crippen LogP contribution >= 0.6 is 23.2 Å². The third-order valence-corrected chi connectivity index (χ3v) is 5.99. The molecule has 1 aromatic heterocycles. The number of halogens is 2. The lowest BCUT2D eigenvalue weighted by Crippen LogP contribution is -2.09. The fourth-order valence-corrected chi connectivity index (χ4v) is 4.13. The Morgan fingerprint density at radius 3 is 2.30 bits per heavy atom. The predicted molar refractivity (Wildman–Crippen MR) is 123 cm³/mol. The van der Waals surface area contributed by atoms with E-state index in [9.17, 15) is 4.79 Å². The zero-order chi connectivity index (χ0) is 21.4. The number of rotatable bonds is 4. The Bertz CT molecular complexity index is 1300. The standard InChI is InChI=1S/C25H20Cl2O3/c1-14-7-4-5-8-17(14)23-16(3)30-25-15(2)22(12-11-18(25)24(23)28)29-13-19-20(26)9-6-10-21(19)27/h4-12H,13H2,1-3H3. The molecule has 0 aliphatic carbocycles. The minimum Gasteiger partial charge on any atom is -0.488 e. The van der Waals surface area contributed by atoms with Crippen LogP contribution in [0.4, 0.5) is 0 Å². The first-order chi connectivity index (χ1) is 14.4. The third kappa shape index (κ3) is 3.60. The van der Waals surface area contributed by atoms with E-state index in [2.05, 4.69) is 0 Å². The largest absolute Gasteiger partial charge is 0.488 e. The quantitative estimate of drug-likeness (QED) is 0.336. The molecule has 0 fully saturated rings. The van der Waals surface area contributed by atoms with Crippen LogP contribution in [-0.4, -0.2) is 0 Å². The molecule has 1 heterocycles. The van der Waals surface area contributed by atoms with Crippen LogP contribution in [0.2, 0.25) is 10.0 Å². The zero-order valence-corrected chi connectivity index (χ0v) is 18.4. The van der Waals surface area contributed by atoms with Gasteiger partial charge >= 0.3 is 0 Å². The van der Waals surface area contributed by atoms with Crippen LogP contribution in [0, 0.1) is 20.8 Å². The minimum atomic E-state index is -0.0492. The molecule has 152 valence electrons. The molecular weight excluding hydrogens is 419 g/mol. The van der Waals surface area contributed by atoms with E-state index >= 15 is 0 Å². The number of fused-ring (bicyclic) bond motifs is 1. The number of hydrogen-bond acceptors (Lipinski definition) is 3. The highest BCUT2D eigenvalue weighted by Gasteiger charge is 2.18. The lowest BCUT2D eigenvalue weighted by atomic mass is 9.98. The van der Waals surface area contributed by atoms with Gasteiger partial charge in [-0.25, -0.2) is 0 Å². The average molecular weight is 439 g/mol. The van der Waals surface area contributed by atoms with Crippen molar-refractivity contribution in [1.82, 2.24) is 0 Å². The normalized spacial score (nSPS) is 11.1. The fourth-order valence-electron chi connectivity index (χ4n) is 3.62. The highest BCUT2D eigenvalue weighted by molar-refractivity contribution is 6.35. The van der Waals surface area contributed by atoms with Gasteiger partial charge in [-0.15, -0.1) is 0 Å². The van der Waals surface area contributed by atoms with E-state index in [0.29, 0.717) is 43.7 Å². The molecule has 4 aromatic rings. The summed E-state index contributed by atoms with van der Waals surface area (Å²) >= 11 is 12.5. The van der Waals surface area contributed by atoms with Crippen LogP contribution in [0.3, 0.4) is 0 Å². The van der Waals surface area contributed by atoms with Crippen molar-refractivity contribution in [3.05, 3.63) is 97.3 Å². The Labute approximate surface area is 184 Å². The van der Waals surface area contributed by atoms with Gasteiger partial charge in [-0.2, -0.15) is 0 Å². The number of hydrogen-bond donors (Lipinski definition) is 0. The van der Waals surface area contributed by atoms with Crippen LogP contribution in [0.15, 0.2) is 63.8 Å². The van der Waals surface area contributed by atoms with Crippen LogP contribution in [0.5, 0.6) is 5.75 Å². The second-order valence-corrected chi connectivity index (χ2v) is 8.05. The van der Waals surface area contributed by atoms with Crippen molar-refractivity contribution in [2.45, 2.75) is 27.4 Å². The minimum absolute atomic E-state index is 0.0492. The lowest BCUT2D eigenvalue weighted by molar-refractivity contribution is 0.304. The second kappa shape index (κ2) is 8.17. The molecule has 5 heteroatoms. The molecule has 0 saturated carbocycles. The lowest BCUT2D eigenvalue weighted by Gasteiger charge is -2.14. The van der Waals surface area contributed by atoms with E-state index in [1.807, 2.05) is 45.0 Å². The summed E-state index contributed by atoms with van der Waals surface area (Å²) in [4.78, 5) is 13.3. The summed E-state index contributed by atoms with van der Waals surface area (Å²) in [7, 11) is 0. The highest BCUT2D eigenvalue weighted by Crippen LogP contribution is 2.32. The molecule has 0 amide bonds. The van der Waals surface area contributed by atoms with Crippen molar-refractivity contribution in [2.24, 2.45) is 0 Å². The van der Waals surface area contributed by atoms with E-state index in [-0.39, 0.29) is 12.0 Å². The highest BCUT2D eigenvalue weighted by atomic mass is 35.5. The van der Waals surface area contributed by atoms with E-state index in [1.165, 1.54) is 0 Å². The molecule has 0 atom stereocenters. The topological polar surface area (TPSA) is 39.4 Å². The van der Waals surface area contributed by atoms with Crippen molar-refractivity contribution in [1.29, 1.82) is 0 Å². The van der Waals surface area contributed by atoms with Crippen molar-refractivity contribution >= 4 is 34.2 Å². The predicted octanol–water partition coefficient (Wildman–Crippen LogP) is 7.27. The van der Waals surface area contributed by atoms with Crippen molar-refractivity contribution in [3.8, 4) is 16.9 Å². The Kier molecular flexibility index (Phi) is 5.59. The van der Waals surface area contributed by atoms with Gasteiger partial charge in [0.15, 0.2) is 0 Å². The maximum absolute atomic E-state index is 13.3. The maximum Gasteiger partial charge on any atom is 0.200 e. The van der Waals surface area contributed by atoms with Crippen LogP contribution < -0.4 is 10.2 Å². The van der Waals surface area contributed by atoms with E-state index in [0.717, 1.165) is 16.7 Å². The molecule has 4 rings (SSSR count). The maximum atomic E-state index is 13.3. The molecule has 0 N–H and O–H groups in total. The molecule has 0 bridgehead atoms. The van der Waals surface area contributed by atoms with Gasteiger partial charge in [0, 0.05) is 21.2 Å². The van der Waals surface area contributed by atoms with Crippen LogP contribution in [-0.2, 0) is 6.61 Å². The first-order valence-corrected chi connectivity index (χ1v) is 10.3. The summed E-state index contributed by atoms with van der Waals surface area (Å²) in [6, 6.07) is 16.7. The molecule has 0 aliphatic heterocycles. The van der Waals surface area contributed by atoms with Crippen molar-refractivity contribution in [2.75, 3.05) is 0 Å². The molecule has 30 heavy (non-hydrogen) atoms. The van der Waals surface area contributed by atoms with Gasteiger partial charge in [0.05, 0.1) is 10.9 Å². The molecule has 3 aromatic carbocycles. The van der Waals surface area contributed by atoms with Gasteiger partial charge in [-0.3, -0.25) is 4.79 Å². The summed E-state index contributed by atoms with van der Waals surface area (Å²) in [6.07, 6.45) is 0. The Morgan fingerprint density at radius 2 is 1.60 bits per heavy atom. The van der Waals surface area contributed by atoms with Crippen LogP contribution in [0.25, 0.3) is 22.1 Å². The summed E-state index contributed by atoms with van der Waals surface area (Å²) < 4.78 is 12.1.